The smallest absolute Gasteiger partial charge is 0.311 e. The summed E-state index contributed by atoms with van der Waals surface area (Å²) in [6, 6.07) is 22.8. The number of esters is 1. The maximum atomic E-state index is 12.0. The van der Waals surface area contributed by atoms with Crippen molar-refractivity contribution in [3.63, 3.8) is 0 Å². The summed E-state index contributed by atoms with van der Waals surface area (Å²) >= 11 is 0. The summed E-state index contributed by atoms with van der Waals surface area (Å²) in [5, 5.41) is 5.06. The molecule has 27 heavy (non-hydrogen) atoms. The van der Waals surface area contributed by atoms with Gasteiger partial charge in [0.25, 0.3) is 5.91 Å². The first-order valence-electron chi connectivity index (χ1n) is 9.25. The minimum absolute atomic E-state index is 0.0636. The van der Waals surface area contributed by atoms with Crippen LogP contribution in [-0.2, 0) is 4.79 Å². The fourth-order valence-corrected chi connectivity index (χ4v) is 2.88. The molecule has 0 aliphatic carbocycles. The van der Waals surface area contributed by atoms with Crippen molar-refractivity contribution in [3.05, 3.63) is 78.4 Å². The molecule has 4 nitrogen and oxygen atoms in total. The average molecular weight is 361 g/mol. The van der Waals surface area contributed by atoms with Crippen molar-refractivity contribution in [3.8, 4) is 5.75 Å². The second-order valence-corrected chi connectivity index (χ2v) is 6.42. The number of unbranched alkanes of at least 4 members (excludes halogenated alkanes) is 2. The van der Waals surface area contributed by atoms with Crippen LogP contribution in [0.5, 0.6) is 5.75 Å². The molecule has 0 saturated heterocycles. The van der Waals surface area contributed by atoms with Crippen LogP contribution in [0.15, 0.2) is 72.8 Å². The quantitative estimate of drug-likeness (QED) is 0.358. The van der Waals surface area contributed by atoms with Crippen molar-refractivity contribution >= 4 is 22.6 Å². The zero-order valence-corrected chi connectivity index (χ0v) is 15.2. The van der Waals surface area contributed by atoms with Gasteiger partial charge in [0, 0.05) is 18.5 Å². The highest BCUT2D eigenvalue weighted by molar-refractivity contribution is 5.94. The van der Waals surface area contributed by atoms with Gasteiger partial charge >= 0.3 is 5.97 Å². The molecule has 0 saturated carbocycles. The van der Waals surface area contributed by atoms with E-state index in [0.29, 0.717) is 24.3 Å². The average Bonchev–Trinajstić information content (AvgIpc) is 2.71. The fourth-order valence-electron chi connectivity index (χ4n) is 2.88. The van der Waals surface area contributed by atoms with Crippen LogP contribution in [0.1, 0.15) is 36.0 Å². The summed E-state index contributed by atoms with van der Waals surface area (Å²) < 4.78 is 5.42. The third kappa shape index (κ3) is 5.68. The summed E-state index contributed by atoms with van der Waals surface area (Å²) in [6.45, 7) is 0.605. The van der Waals surface area contributed by atoms with E-state index in [1.165, 1.54) is 0 Å². The largest absolute Gasteiger partial charge is 0.427 e. The highest BCUT2D eigenvalue weighted by Gasteiger charge is 2.06. The molecule has 3 rings (SSSR count). The number of hydrogen-bond donors (Lipinski definition) is 1. The molecule has 0 atom stereocenters. The van der Waals surface area contributed by atoms with E-state index in [9.17, 15) is 9.59 Å². The number of fused-ring (bicyclic) bond motifs is 1. The third-order valence-electron chi connectivity index (χ3n) is 4.33. The minimum Gasteiger partial charge on any atom is -0.427 e. The van der Waals surface area contributed by atoms with Crippen LogP contribution in [0.4, 0.5) is 0 Å². The Labute approximate surface area is 159 Å². The lowest BCUT2D eigenvalue weighted by Gasteiger charge is -2.07. The lowest BCUT2D eigenvalue weighted by molar-refractivity contribution is -0.134. The molecule has 3 aromatic carbocycles. The Hall–Kier alpha value is -3.14. The van der Waals surface area contributed by atoms with Crippen LogP contribution in [0, 0.1) is 0 Å². The maximum absolute atomic E-state index is 12.0. The van der Waals surface area contributed by atoms with Gasteiger partial charge in [0.2, 0.25) is 0 Å². The number of benzene rings is 3. The van der Waals surface area contributed by atoms with E-state index >= 15 is 0 Å². The number of nitrogens with one attached hydrogen (secondary N) is 1. The lowest BCUT2D eigenvalue weighted by Crippen LogP contribution is -2.24. The first-order valence-corrected chi connectivity index (χ1v) is 9.25. The predicted molar refractivity (Wildman–Crippen MR) is 107 cm³/mol. The van der Waals surface area contributed by atoms with Gasteiger partial charge in [0.15, 0.2) is 0 Å². The highest BCUT2D eigenvalue weighted by atomic mass is 16.5. The van der Waals surface area contributed by atoms with Crippen LogP contribution in [0.25, 0.3) is 10.8 Å². The first kappa shape index (κ1) is 18.6. The molecule has 0 unspecified atom stereocenters. The van der Waals surface area contributed by atoms with Crippen LogP contribution in [-0.4, -0.2) is 18.4 Å². The Morgan fingerprint density at radius 2 is 1.52 bits per heavy atom. The molecular weight excluding hydrogens is 338 g/mol. The summed E-state index contributed by atoms with van der Waals surface area (Å²) in [4.78, 5) is 23.9. The fraction of sp³-hybridized carbons (Fsp3) is 0.217. The van der Waals surface area contributed by atoms with Gasteiger partial charge in [0.1, 0.15) is 5.75 Å². The normalized spacial score (nSPS) is 10.5. The molecule has 1 amide bonds. The zero-order valence-electron chi connectivity index (χ0n) is 15.2. The molecule has 0 fully saturated rings. The van der Waals surface area contributed by atoms with Crippen LogP contribution >= 0.6 is 0 Å². The van der Waals surface area contributed by atoms with E-state index in [1.54, 1.807) is 12.1 Å². The van der Waals surface area contributed by atoms with E-state index in [4.69, 9.17) is 4.74 Å². The van der Waals surface area contributed by atoms with E-state index in [0.717, 1.165) is 30.0 Å². The number of carbonyl (C=O) groups is 2. The van der Waals surface area contributed by atoms with Crippen molar-refractivity contribution in [2.75, 3.05) is 6.54 Å². The Morgan fingerprint density at radius 3 is 2.33 bits per heavy atom. The Bertz CT molecular complexity index is 906. The molecule has 0 heterocycles. The van der Waals surface area contributed by atoms with Crippen molar-refractivity contribution in [1.82, 2.24) is 5.32 Å². The van der Waals surface area contributed by atoms with Gasteiger partial charge in [-0.1, -0.05) is 55.0 Å². The molecule has 3 aromatic rings. The topological polar surface area (TPSA) is 55.4 Å². The minimum atomic E-state index is -0.224. The Morgan fingerprint density at radius 1 is 0.778 bits per heavy atom. The molecule has 0 radical (unpaired) electrons. The van der Waals surface area contributed by atoms with Crippen LogP contribution in [0.3, 0.4) is 0 Å². The Balaban J connectivity index is 1.33. The third-order valence-corrected chi connectivity index (χ3v) is 4.33. The highest BCUT2D eigenvalue weighted by Crippen LogP contribution is 2.21. The summed E-state index contributed by atoms with van der Waals surface area (Å²) in [5.74, 6) is 0.291. The second-order valence-electron chi connectivity index (χ2n) is 6.42. The van der Waals surface area contributed by atoms with Crippen molar-refractivity contribution in [2.24, 2.45) is 0 Å². The van der Waals surface area contributed by atoms with Crippen LogP contribution in [0.2, 0.25) is 0 Å². The second kappa shape index (κ2) is 9.53. The number of rotatable bonds is 8. The summed E-state index contributed by atoms with van der Waals surface area (Å²) in [5.41, 5.74) is 0.663. The summed E-state index contributed by atoms with van der Waals surface area (Å²) in [7, 11) is 0. The van der Waals surface area contributed by atoms with Crippen molar-refractivity contribution < 1.29 is 14.3 Å². The standard InChI is InChI=1S/C23H23NO3/c25-22(27-21-15-14-18-9-6-7-12-20(18)17-21)13-5-2-8-16-24-23(26)19-10-3-1-4-11-19/h1,3-4,6-7,9-12,14-15,17H,2,5,8,13,16H2,(H,24,26). The van der Waals surface area contributed by atoms with E-state index in [-0.39, 0.29) is 11.9 Å². The molecule has 1 N–H and O–H groups in total. The van der Waals surface area contributed by atoms with E-state index in [2.05, 4.69) is 5.32 Å². The monoisotopic (exact) mass is 361 g/mol. The van der Waals surface area contributed by atoms with Gasteiger partial charge < -0.3 is 10.1 Å². The van der Waals surface area contributed by atoms with Gasteiger partial charge in [-0.25, -0.2) is 0 Å². The maximum Gasteiger partial charge on any atom is 0.311 e. The molecule has 0 aromatic heterocycles. The molecule has 138 valence electrons. The van der Waals surface area contributed by atoms with Crippen LogP contribution < -0.4 is 10.1 Å². The van der Waals surface area contributed by atoms with E-state index < -0.39 is 0 Å². The first-order chi connectivity index (χ1) is 13.2. The molecule has 4 heteroatoms. The molecule has 0 aliphatic rings. The van der Waals surface area contributed by atoms with Gasteiger partial charge in [-0.3, -0.25) is 9.59 Å². The van der Waals surface area contributed by atoms with Crippen molar-refractivity contribution in [1.29, 1.82) is 0 Å². The number of hydrogen-bond acceptors (Lipinski definition) is 3. The number of carbonyl (C=O) groups excluding carboxylic acids is 2. The SMILES string of the molecule is O=C(CCCCCNC(=O)c1ccccc1)Oc1ccc2ccccc2c1. The van der Waals surface area contributed by atoms with Crippen molar-refractivity contribution in [2.45, 2.75) is 25.7 Å². The molecule has 0 spiro atoms. The van der Waals surface area contributed by atoms with Gasteiger partial charge in [-0.15, -0.1) is 0 Å². The summed E-state index contributed by atoms with van der Waals surface area (Å²) in [6.07, 6.45) is 2.82. The zero-order chi connectivity index (χ0) is 18.9. The lowest BCUT2D eigenvalue weighted by atomic mass is 10.1. The van der Waals surface area contributed by atoms with Gasteiger partial charge in [-0.2, -0.15) is 0 Å². The number of ether oxygens (including phenoxy) is 1. The van der Waals surface area contributed by atoms with E-state index in [1.807, 2.05) is 60.7 Å². The molecule has 0 bridgehead atoms. The predicted octanol–water partition coefficient (Wildman–Crippen LogP) is 4.74. The molecular formula is C23H23NO3. The van der Waals surface area contributed by atoms with Gasteiger partial charge in [0.05, 0.1) is 0 Å². The Kier molecular flexibility index (Phi) is 6.58. The number of amides is 1. The van der Waals surface area contributed by atoms with Gasteiger partial charge in [-0.05, 0) is 47.9 Å². The molecule has 0 aliphatic heterocycles.